The number of nitrogens with zero attached hydrogens (tertiary/aromatic N) is 2. The van der Waals surface area contributed by atoms with E-state index in [0.717, 1.165) is 13.1 Å². The number of carbonyl (C=O) groups is 2. The number of benzene rings is 1. The van der Waals surface area contributed by atoms with E-state index in [1.165, 1.54) is 4.90 Å². The van der Waals surface area contributed by atoms with Crippen molar-refractivity contribution in [1.82, 2.24) is 9.80 Å². The molecule has 0 unspecified atom stereocenters. The van der Waals surface area contributed by atoms with Crippen LogP contribution in [0.1, 0.15) is 16.8 Å². The van der Waals surface area contributed by atoms with Gasteiger partial charge in [-0.2, -0.15) is 0 Å². The van der Waals surface area contributed by atoms with Crippen molar-refractivity contribution in [2.24, 2.45) is 0 Å². The molecule has 4 rings (SSSR count). The summed E-state index contributed by atoms with van der Waals surface area (Å²) in [6.07, 6.45) is -0.582. The van der Waals surface area contributed by atoms with Gasteiger partial charge >= 0.3 is 5.97 Å². The molecule has 2 atom stereocenters. The van der Waals surface area contributed by atoms with Crippen molar-refractivity contribution in [1.29, 1.82) is 0 Å². The Hall–Kier alpha value is -2.36. The molecule has 9 nitrogen and oxygen atoms in total. The van der Waals surface area contributed by atoms with E-state index < -0.39 is 18.1 Å². The van der Waals surface area contributed by atoms with E-state index in [0.29, 0.717) is 36.8 Å². The molecule has 9 heteroatoms. The first-order valence-electron chi connectivity index (χ1n) is 9.47. The van der Waals surface area contributed by atoms with E-state index in [1.54, 1.807) is 18.2 Å². The second-order valence-electron chi connectivity index (χ2n) is 7.05. The Morgan fingerprint density at radius 2 is 1.96 bits per heavy atom. The summed E-state index contributed by atoms with van der Waals surface area (Å²) in [5.74, 6) is 0.246. The van der Waals surface area contributed by atoms with Crippen LogP contribution in [-0.2, 0) is 14.3 Å². The lowest BCUT2D eigenvalue weighted by molar-refractivity contribution is -0.148. The minimum absolute atomic E-state index is 0.0938. The third kappa shape index (κ3) is 4.06. The summed E-state index contributed by atoms with van der Waals surface area (Å²) in [5, 5.41) is 10.0. The molecule has 0 aromatic heterocycles. The van der Waals surface area contributed by atoms with Crippen LogP contribution in [0.4, 0.5) is 0 Å². The quantitative estimate of drug-likeness (QED) is 0.692. The topological polar surface area (TPSA) is 97.8 Å². The summed E-state index contributed by atoms with van der Waals surface area (Å²) in [6, 6.07) is 4.09. The molecule has 2 saturated heterocycles. The summed E-state index contributed by atoms with van der Waals surface area (Å²) >= 11 is 0. The number of β-amino-alcohol motifs (C(OH)–C–C–N with tert-alkyl or cyclic N) is 1. The fourth-order valence-electron chi connectivity index (χ4n) is 3.65. The monoisotopic (exact) mass is 392 g/mol. The Bertz CT molecular complexity index is 735. The maximum Gasteiger partial charge on any atom is 0.329 e. The highest BCUT2D eigenvalue weighted by Gasteiger charge is 2.40. The van der Waals surface area contributed by atoms with Crippen molar-refractivity contribution < 1.29 is 33.6 Å². The standard InChI is InChI=1S/C19H24N2O7/c22-14-10-15(19(24)26-8-5-20-3-6-25-7-4-20)21(11-14)18(23)13-1-2-16-17(9-13)28-12-27-16/h1-2,9,14-15,22H,3-8,10-12H2/t14-,15+/m1/s1. The summed E-state index contributed by atoms with van der Waals surface area (Å²) in [6.45, 7) is 4.08. The van der Waals surface area contributed by atoms with Crippen LogP contribution in [0.3, 0.4) is 0 Å². The predicted octanol–water partition coefficient (Wildman–Crippen LogP) is -0.134. The Labute approximate surface area is 162 Å². The fourth-order valence-corrected chi connectivity index (χ4v) is 3.65. The van der Waals surface area contributed by atoms with Gasteiger partial charge in [0.05, 0.1) is 19.3 Å². The van der Waals surface area contributed by atoms with Gasteiger partial charge in [0.2, 0.25) is 6.79 Å². The van der Waals surface area contributed by atoms with E-state index in [1.807, 2.05) is 0 Å². The summed E-state index contributed by atoms with van der Waals surface area (Å²) < 4.78 is 21.3. The van der Waals surface area contributed by atoms with Crippen LogP contribution in [0.2, 0.25) is 0 Å². The van der Waals surface area contributed by atoms with Crippen LogP contribution in [0.5, 0.6) is 11.5 Å². The largest absolute Gasteiger partial charge is 0.463 e. The maximum atomic E-state index is 12.9. The van der Waals surface area contributed by atoms with Crippen molar-refractivity contribution in [2.45, 2.75) is 18.6 Å². The Morgan fingerprint density at radius 3 is 2.79 bits per heavy atom. The molecule has 0 radical (unpaired) electrons. The highest BCUT2D eigenvalue weighted by atomic mass is 16.7. The smallest absolute Gasteiger partial charge is 0.329 e. The van der Waals surface area contributed by atoms with E-state index in [9.17, 15) is 14.7 Å². The first-order valence-corrected chi connectivity index (χ1v) is 9.47. The molecule has 0 aliphatic carbocycles. The van der Waals surface area contributed by atoms with E-state index in [-0.39, 0.29) is 32.3 Å². The van der Waals surface area contributed by atoms with Gasteiger partial charge in [-0.15, -0.1) is 0 Å². The first-order chi connectivity index (χ1) is 13.6. The summed E-state index contributed by atoms with van der Waals surface area (Å²) in [5.41, 5.74) is 0.379. The minimum Gasteiger partial charge on any atom is -0.463 e. The lowest BCUT2D eigenvalue weighted by Gasteiger charge is -2.27. The number of morpholine rings is 1. The molecule has 3 heterocycles. The third-order valence-electron chi connectivity index (χ3n) is 5.19. The average molecular weight is 392 g/mol. The lowest BCUT2D eigenvalue weighted by atomic mass is 10.1. The van der Waals surface area contributed by atoms with Crippen molar-refractivity contribution in [3.05, 3.63) is 23.8 Å². The third-order valence-corrected chi connectivity index (χ3v) is 5.19. The van der Waals surface area contributed by atoms with Crippen LogP contribution in [0.25, 0.3) is 0 Å². The molecule has 1 aromatic rings. The number of hydrogen-bond donors (Lipinski definition) is 1. The lowest BCUT2D eigenvalue weighted by Crippen LogP contribution is -2.43. The number of amides is 1. The molecule has 1 N–H and O–H groups in total. The Balaban J connectivity index is 1.37. The number of ether oxygens (including phenoxy) is 4. The van der Waals surface area contributed by atoms with E-state index in [4.69, 9.17) is 18.9 Å². The number of aliphatic hydroxyl groups excluding tert-OH is 1. The number of carbonyl (C=O) groups excluding carboxylic acids is 2. The normalized spacial score (nSPS) is 24.4. The van der Waals surface area contributed by atoms with Crippen LogP contribution in [0, 0.1) is 0 Å². The van der Waals surface area contributed by atoms with E-state index in [2.05, 4.69) is 4.90 Å². The molecule has 0 spiro atoms. The highest BCUT2D eigenvalue weighted by Crippen LogP contribution is 2.33. The van der Waals surface area contributed by atoms with Gasteiger partial charge in [0, 0.05) is 38.2 Å². The van der Waals surface area contributed by atoms with Crippen LogP contribution < -0.4 is 9.47 Å². The molecule has 3 aliphatic rings. The zero-order valence-electron chi connectivity index (χ0n) is 15.5. The van der Waals surface area contributed by atoms with Gasteiger partial charge in [0.25, 0.3) is 5.91 Å². The fraction of sp³-hybridized carbons (Fsp3) is 0.579. The molecular weight excluding hydrogens is 368 g/mol. The molecule has 152 valence electrons. The Kier molecular flexibility index (Phi) is 5.65. The molecule has 3 aliphatic heterocycles. The van der Waals surface area contributed by atoms with Crippen molar-refractivity contribution in [3.63, 3.8) is 0 Å². The van der Waals surface area contributed by atoms with Crippen LogP contribution >= 0.6 is 0 Å². The van der Waals surface area contributed by atoms with Gasteiger partial charge in [-0.25, -0.2) is 4.79 Å². The molecule has 2 fully saturated rings. The van der Waals surface area contributed by atoms with Gasteiger partial charge in [0.1, 0.15) is 12.6 Å². The minimum atomic E-state index is -0.794. The van der Waals surface area contributed by atoms with Crippen LogP contribution in [-0.4, -0.2) is 91.7 Å². The zero-order valence-corrected chi connectivity index (χ0v) is 15.5. The predicted molar refractivity (Wildman–Crippen MR) is 96.2 cm³/mol. The van der Waals surface area contributed by atoms with Gasteiger partial charge in [-0.3, -0.25) is 9.69 Å². The van der Waals surface area contributed by atoms with Gasteiger partial charge in [0.15, 0.2) is 11.5 Å². The first kappa shape index (κ1) is 19.0. The van der Waals surface area contributed by atoms with Crippen molar-refractivity contribution in [2.75, 3.05) is 52.8 Å². The number of aliphatic hydroxyl groups is 1. The zero-order chi connectivity index (χ0) is 19.5. The average Bonchev–Trinajstić information content (AvgIpc) is 3.34. The van der Waals surface area contributed by atoms with Gasteiger partial charge in [-0.05, 0) is 18.2 Å². The summed E-state index contributed by atoms with van der Waals surface area (Å²) in [7, 11) is 0. The highest BCUT2D eigenvalue weighted by molar-refractivity contribution is 5.97. The number of hydrogen-bond acceptors (Lipinski definition) is 8. The van der Waals surface area contributed by atoms with E-state index >= 15 is 0 Å². The second-order valence-corrected chi connectivity index (χ2v) is 7.05. The molecule has 0 bridgehead atoms. The molecular formula is C19H24N2O7. The molecule has 28 heavy (non-hydrogen) atoms. The molecule has 0 saturated carbocycles. The summed E-state index contributed by atoms with van der Waals surface area (Å²) in [4.78, 5) is 29.0. The molecule has 1 amide bonds. The SMILES string of the molecule is O=C(OCCN1CCOCC1)[C@@H]1C[C@@H](O)CN1C(=O)c1ccc2c(c1)OCO2. The number of esters is 1. The maximum absolute atomic E-state index is 12.9. The van der Waals surface area contributed by atoms with Gasteiger partial charge in [-0.1, -0.05) is 0 Å². The number of likely N-dealkylation sites (tertiary alicyclic amines) is 1. The second kappa shape index (κ2) is 8.34. The Morgan fingerprint density at radius 1 is 1.18 bits per heavy atom. The number of fused-ring (bicyclic) bond motifs is 1. The van der Waals surface area contributed by atoms with Crippen molar-refractivity contribution in [3.8, 4) is 11.5 Å². The van der Waals surface area contributed by atoms with Crippen LogP contribution in [0.15, 0.2) is 18.2 Å². The van der Waals surface area contributed by atoms with Gasteiger partial charge < -0.3 is 29.0 Å². The number of rotatable bonds is 5. The van der Waals surface area contributed by atoms with Crippen molar-refractivity contribution >= 4 is 11.9 Å². The molecule has 1 aromatic carbocycles.